The predicted molar refractivity (Wildman–Crippen MR) is 62.6 cm³/mol. The van der Waals surface area contributed by atoms with Crippen molar-refractivity contribution in [1.82, 2.24) is 5.32 Å². The van der Waals surface area contributed by atoms with Crippen molar-refractivity contribution >= 4 is 5.78 Å². The molecule has 2 nitrogen and oxygen atoms in total. The maximum atomic E-state index is 13.5. The van der Waals surface area contributed by atoms with Gasteiger partial charge in [-0.25, -0.2) is 22.0 Å². The van der Waals surface area contributed by atoms with Crippen LogP contribution in [-0.4, -0.2) is 18.9 Å². The summed E-state index contributed by atoms with van der Waals surface area (Å²) in [4.78, 5) is 11.8. The van der Waals surface area contributed by atoms with E-state index >= 15 is 0 Å². The Hall–Kier alpha value is -1.50. The van der Waals surface area contributed by atoms with E-state index in [-0.39, 0.29) is 5.78 Å². The zero-order valence-corrected chi connectivity index (χ0v) is 11.2. The molecule has 20 heavy (non-hydrogen) atoms. The maximum Gasteiger partial charge on any atom is 0.200 e. The van der Waals surface area contributed by atoms with Crippen LogP contribution in [0.1, 0.15) is 19.4 Å². The van der Waals surface area contributed by atoms with Crippen molar-refractivity contribution in [2.75, 3.05) is 7.05 Å². The van der Waals surface area contributed by atoms with Gasteiger partial charge in [0.1, 0.15) is 0 Å². The normalized spacial score (nSPS) is 12.8. The molecular weight excluding hydrogens is 281 g/mol. The molecule has 1 rings (SSSR count). The van der Waals surface area contributed by atoms with E-state index in [9.17, 15) is 26.7 Å². The van der Waals surface area contributed by atoms with Gasteiger partial charge in [0.2, 0.25) is 5.82 Å². The monoisotopic (exact) mass is 295 g/mol. The molecule has 0 heterocycles. The minimum atomic E-state index is -2.21. The van der Waals surface area contributed by atoms with Gasteiger partial charge in [-0.2, -0.15) is 0 Å². The summed E-state index contributed by atoms with van der Waals surface area (Å²) >= 11 is 0. The van der Waals surface area contributed by atoms with E-state index in [0.717, 1.165) is 0 Å². The smallest absolute Gasteiger partial charge is 0.200 e. The molecule has 0 spiro atoms. The Morgan fingerprint density at radius 2 is 1.35 bits per heavy atom. The molecule has 0 saturated heterocycles. The Labute approximate surface area is 113 Å². The fourth-order valence-electron chi connectivity index (χ4n) is 1.78. The van der Waals surface area contributed by atoms with Gasteiger partial charge >= 0.3 is 0 Å². The van der Waals surface area contributed by atoms with Crippen LogP contribution in [0, 0.1) is 35.0 Å². The summed E-state index contributed by atoms with van der Waals surface area (Å²) in [6, 6.07) is -1.02. The predicted octanol–water partition coefficient (Wildman–Crippen LogP) is 2.74. The molecule has 7 heteroatoms. The van der Waals surface area contributed by atoms with Gasteiger partial charge in [-0.3, -0.25) is 4.79 Å². The highest BCUT2D eigenvalue weighted by Gasteiger charge is 2.29. The summed E-state index contributed by atoms with van der Waals surface area (Å²) in [5.41, 5.74) is -0.991. The molecule has 1 atom stereocenters. The number of carbonyl (C=O) groups excluding carboxylic acids is 1. The lowest BCUT2D eigenvalue weighted by Gasteiger charge is -2.18. The van der Waals surface area contributed by atoms with Crippen LogP contribution in [0.15, 0.2) is 0 Å². The number of nitrogens with one attached hydrogen (secondary N) is 1. The lowest BCUT2D eigenvalue weighted by molar-refractivity contribution is -0.123. The Morgan fingerprint density at radius 3 is 1.70 bits per heavy atom. The molecule has 0 saturated carbocycles. The van der Waals surface area contributed by atoms with Crippen LogP contribution in [0.25, 0.3) is 0 Å². The molecule has 0 amide bonds. The summed E-state index contributed by atoms with van der Waals surface area (Å²) in [6.45, 7) is 3.15. The number of hydrogen-bond acceptors (Lipinski definition) is 2. The largest absolute Gasteiger partial charge is 0.310 e. The van der Waals surface area contributed by atoms with Crippen LogP contribution in [0.5, 0.6) is 0 Å². The highest BCUT2D eigenvalue weighted by molar-refractivity contribution is 5.86. The van der Waals surface area contributed by atoms with Crippen molar-refractivity contribution in [3.63, 3.8) is 0 Å². The second-order valence-corrected chi connectivity index (χ2v) is 4.65. The SMILES string of the molecule is CNC(Cc1c(F)c(F)c(F)c(F)c1F)C(=O)C(C)C. The quantitative estimate of drug-likeness (QED) is 0.514. The standard InChI is InChI=1S/C13H14F5NO/c1-5(2)13(20)7(19-3)4-6-8(14)10(16)12(18)11(17)9(6)15/h5,7,19H,4H2,1-3H3. The summed E-state index contributed by atoms with van der Waals surface area (Å²) < 4.78 is 66.0. The molecule has 0 aliphatic heterocycles. The number of Topliss-reactive ketones (excluding diaryl/α,β-unsaturated/α-hetero) is 1. The number of likely N-dealkylation sites (N-methyl/N-ethyl adjacent to an activating group) is 1. The average molecular weight is 295 g/mol. The van der Waals surface area contributed by atoms with Gasteiger partial charge in [-0.05, 0) is 7.05 Å². The second kappa shape index (κ2) is 6.30. The number of carbonyl (C=O) groups is 1. The van der Waals surface area contributed by atoms with Crippen molar-refractivity contribution in [2.24, 2.45) is 5.92 Å². The summed E-state index contributed by atoms with van der Waals surface area (Å²) in [5.74, 6) is -10.8. The van der Waals surface area contributed by atoms with Gasteiger partial charge < -0.3 is 5.32 Å². The summed E-state index contributed by atoms with van der Waals surface area (Å²) in [5, 5.41) is 2.52. The molecule has 1 unspecified atom stereocenters. The lowest BCUT2D eigenvalue weighted by Crippen LogP contribution is -2.39. The first-order valence-electron chi connectivity index (χ1n) is 5.93. The number of hydrogen-bond donors (Lipinski definition) is 1. The van der Waals surface area contributed by atoms with Crippen LogP contribution in [0.4, 0.5) is 22.0 Å². The Kier molecular flexibility index (Phi) is 5.21. The van der Waals surface area contributed by atoms with Gasteiger partial charge in [-0.15, -0.1) is 0 Å². The van der Waals surface area contributed by atoms with Gasteiger partial charge in [0.25, 0.3) is 0 Å². The summed E-state index contributed by atoms with van der Waals surface area (Å²) in [7, 11) is 1.37. The molecule has 0 radical (unpaired) electrons. The third-order valence-corrected chi connectivity index (χ3v) is 2.97. The van der Waals surface area contributed by atoms with E-state index in [0.29, 0.717) is 0 Å². The fraction of sp³-hybridized carbons (Fsp3) is 0.462. The van der Waals surface area contributed by atoms with Crippen LogP contribution < -0.4 is 5.32 Å². The Bertz CT molecular complexity index is 501. The minimum absolute atomic E-state index is 0.378. The number of rotatable bonds is 5. The number of halogens is 5. The molecule has 0 aliphatic carbocycles. The lowest BCUT2D eigenvalue weighted by atomic mass is 9.95. The first kappa shape index (κ1) is 16.6. The zero-order valence-electron chi connectivity index (χ0n) is 11.2. The minimum Gasteiger partial charge on any atom is -0.310 e. The Morgan fingerprint density at radius 1 is 0.950 bits per heavy atom. The molecule has 0 aliphatic rings. The van der Waals surface area contributed by atoms with Crippen molar-refractivity contribution in [3.8, 4) is 0 Å². The zero-order chi connectivity index (χ0) is 15.6. The molecule has 1 N–H and O–H groups in total. The van der Waals surface area contributed by atoms with E-state index in [1.807, 2.05) is 0 Å². The van der Waals surface area contributed by atoms with Crippen molar-refractivity contribution < 1.29 is 26.7 Å². The third-order valence-electron chi connectivity index (χ3n) is 2.97. The van der Waals surface area contributed by atoms with Crippen LogP contribution in [0.2, 0.25) is 0 Å². The number of benzene rings is 1. The molecule has 112 valence electrons. The van der Waals surface area contributed by atoms with E-state index in [2.05, 4.69) is 5.32 Å². The van der Waals surface area contributed by atoms with Gasteiger partial charge in [0.15, 0.2) is 29.1 Å². The van der Waals surface area contributed by atoms with Crippen LogP contribution >= 0.6 is 0 Å². The Balaban J connectivity index is 3.24. The first-order valence-corrected chi connectivity index (χ1v) is 5.93. The molecule has 0 bridgehead atoms. The highest BCUT2D eigenvalue weighted by Crippen LogP contribution is 2.24. The topological polar surface area (TPSA) is 29.1 Å². The number of ketones is 1. The fourth-order valence-corrected chi connectivity index (χ4v) is 1.78. The highest BCUT2D eigenvalue weighted by atomic mass is 19.2. The van der Waals surface area contributed by atoms with Crippen molar-refractivity contribution in [3.05, 3.63) is 34.6 Å². The third kappa shape index (κ3) is 2.98. The maximum absolute atomic E-state index is 13.5. The average Bonchev–Trinajstić information content (AvgIpc) is 2.42. The van der Waals surface area contributed by atoms with Crippen molar-refractivity contribution in [1.29, 1.82) is 0 Å². The molecule has 0 aromatic heterocycles. The molecule has 1 aromatic carbocycles. The second-order valence-electron chi connectivity index (χ2n) is 4.65. The van der Waals surface area contributed by atoms with Gasteiger partial charge in [0, 0.05) is 17.9 Å². The molecule has 0 fully saturated rings. The van der Waals surface area contributed by atoms with Crippen LogP contribution in [0.3, 0.4) is 0 Å². The van der Waals surface area contributed by atoms with Gasteiger partial charge in [-0.1, -0.05) is 13.8 Å². The van der Waals surface area contributed by atoms with Crippen molar-refractivity contribution in [2.45, 2.75) is 26.3 Å². The van der Waals surface area contributed by atoms with E-state index in [1.54, 1.807) is 13.8 Å². The van der Waals surface area contributed by atoms with E-state index in [1.165, 1.54) is 7.05 Å². The van der Waals surface area contributed by atoms with Gasteiger partial charge in [0.05, 0.1) is 6.04 Å². The van der Waals surface area contributed by atoms with E-state index in [4.69, 9.17) is 0 Å². The summed E-state index contributed by atoms with van der Waals surface area (Å²) in [6.07, 6.45) is -0.612. The first-order chi connectivity index (χ1) is 9.22. The molecular formula is C13H14F5NO. The van der Waals surface area contributed by atoms with Crippen LogP contribution in [-0.2, 0) is 11.2 Å². The van der Waals surface area contributed by atoms with E-state index < -0.39 is 53.0 Å². The molecule has 1 aromatic rings.